The lowest BCUT2D eigenvalue weighted by Crippen LogP contribution is -2.26. The van der Waals surface area contributed by atoms with Crippen LogP contribution in [0.5, 0.6) is 0 Å². The smallest absolute Gasteiger partial charge is 0.257 e. The number of aromatic nitrogens is 2. The highest BCUT2D eigenvalue weighted by molar-refractivity contribution is 7.89. The van der Waals surface area contributed by atoms with Gasteiger partial charge in [-0.3, -0.25) is 0 Å². The number of hydrogen-bond donors (Lipinski definition) is 3. The number of sulfonamides is 1. The maximum absolute atomic E-state index is 11.2. The van der Waals surface area contributed by atoms with Gasteiger partial charge in [0.1, 0.15) is 0 Å². The molecule has 0 saturated heterocycles. The summed E-state index contributed by atoms with van der Waals surface area (Å²) in [6.07, 6.45) is 2.47. The van der Waals surface area contributed by atoms with Gasteiger partial charge in [-0.25, -0.2) is 18.1 Å². The third kappa shape index (κ3) is 2.03. The number of hydrogen-bond acceptors (Lipinski definition) is 4. The molecule has 1 heterocycles. The van der Waals surface area contributed by atoms with Crippen molar-refractivity contribution < 1.29 is 13.5 Å². The third-order valence-electron chi connectivity index (χ3n) is 1.17. The summed E-state index contributed by atoms with van der Waals surface area (Å²) in [4.78, 5) is 6.00. The quantitative estimate of drug-likeness (QED) is 0.550. The molecule has 0 aliphatic rings. The van der Waals surface area contributed by atoms with Gasteiger partial charge in [-0.15, -0.1) is 0 Å². The summed E-state index contributed by atoms with van der Waals surface area (Å²) in [5, 5.41) is 8.37. The molecule has 6 nitrogen and oxygen atoms in total. The molecule has 0 aliphatic carbocycles. The van der Waals surface area contributed by atoms with Gasteiger partial charge < -0.3 is 10.1 Å². The van der Waals surface area contributed by atoms with Gasteiger partial charge >= 0.3 is 0 Å². The number of nitrogens with one attached hydrogen (secondary N) is 2. The van der Waals surface area contributed by atoms with Crippen molar-refractivity contribution in [1.82, 2.24) is 14.7 Å². The van der Waals surface area contributed by atoms with E-state index in [2.05, 4.69) is 14.7 Å². The van der Waals surface area contributed by atoms with Crippen LogP contribution in [0.3, 0.4) is 0 Å². The van der Waals surface area contributed by atoms with Crippen LogP contribution in [0, 0.1) is 0 Å². The molecule has 0 amide bonds. The molecule has 7 heteroatoms. The molecule has 0 atom stereocenters. The predicted molar refractivity (Wildman–Crippen MR) is 40.9 cm³/mol. The van der Waals surface area contributed by atoms with Gasteiger partial charge in [0.05, 0.1) is 19.1 Å². The molecule has 1 rings (SSSR count). The zero-order chi connectivity index (χ0) is 9.03. The first-order valence-electron chi connectivity index (χ1n) is 3.26. The van der Waals surface area contributed by atoms with Crippen LogP contribution >= 0.6 is 0 Å². The van der Waals surface area contributed by atoms with E-state index in [1.54, 1.807) is 0 Å². The Balaban J connectivity index is 2.74. The van der Waals surface area contributed by atoms with Gasteiger partial charge in [0, 0.05) is 6.54 Å². The molecule has 0 unspecified atom stereocenters. The minimum Gasteiger partial charge on any atom is -0.395 e. The number of nitrogens with zero attached hydrogens (tertiary/aromatic N) is 1. The molecule has 12 heavy (non-hydrogen) atoms. The van der Waals surface area contributed by atoms with E-state index in [1.165, 1.54) is 12.5 Å². The molecule has 0 aromatic carbocycles. The van der Waals surface area contributed by atoms with Crippen molar-refractivity contribution in [3.8, 4) is 0 Å². The van der Waals surface area contributed by atoms with E-state index < -0.39 is 10.0 Å². The summed E-state index contributed by atoms with van der Waals surface area (Å²) in [6.45, 7) is -0.227. The lowest BCUT2D eigenvalue weighted by molar-refractivity contribution is 0.301. The van der Waals surface area contributed by atoms with Gasteiger partial charge in [-0.05, 0) is 0 Å². The summed E-state index contributed by atoms with van der Waals surface area (Å²) in [5.41, 5.74) is 0. The highest BCUT2D eigenvalue weighted by atomic mass is 32.2. The molecule has 0 bridgehead atoms. The van der Waals surface area contributed by atoms with Crippen LogP contribution in [-0.4, -0.2) is 36.6 Å². The van der Waals surface area contributed by atoms with E-state index in [0.29, 0.717) is 0 Å². The van der Waals surface area contributed by atoms with Gasteiger partial charge in [0.15, 0.2) is 5.03 Å². The second kappa shape index (κ2) is 3.65. The second-order valence-electron chi connectivity index (χ2n) is 2.04. The summed E-state index contributed by atoms with van der Waals surface area (Å²) in [7, 11) is -3.51. The van der Waals surface area contributed by atoms with E-state index in [-0.39, 0.29) is 18.2 Å². The van der Waals surface area contributed by atoms with Crippen molar-refractivity contribution in [2.45, 2.75) is 5.03 Å². The average molecular weight is 191 g/mol. The molecule has 0 spiro atoms. The van der Waals surface area contributed by atoms with E-state index >= 15 is 0 Å². The van der Waals surface area contributed by atoms with E-state index in [1.807, 2.05) is 0 Å². The van der Waals surface area contributed by atoms with Crippen LogP contribution in [0.25, 0.3) is 0 Å². The Bertz CT molecular complexity index is 318. The minimum absolute atomic E-state index is 0.00134. The summed E-state index contributed by atoms with van der Waals surface area (Å²) in [5.74, 6) is 0. The summed E-state index contributed by atoms with van der Waals surface area (Å²) >= 11 is 0. The van der Waals surface area contributed by atoms with Crippen LogP contribution < -0.4 is 4.72 Å². The molecule has 0 saturated carbocycles. The van der Waals surface area contributed by atoms with Crippen molar-refractivity contribution in [2.24, 2.45) is 0 Å². The normalized spacial score (nSPS) is 11.8. The van der Waals surface area contributed by atoms with Crippen LogP contribution in [0.2, 0.25) is 0 Å². The average Bonchev–Trinajstić information content (AvgIpc) is 2.53. The van der Waals surface area contributed by atoms with Crippen LogP contribution in [0.4, 0.5) is 0 Å². The number of aliphatic hydroxyl groups is 1. The molecule has 1 aromatic rings. The highest BCUT2D eigenvalue weighted by Gasteiger charge is 2.13. The van der Waals surface area contributed by atoms with Crippen molar-refractivity contribution >= 4 is 10.0 Å². The molecular formula is C5H9N3O3S. The topological polar surface area (TPSA) is 95.1 Å². The van der Waals surface area contributed by atoms with Gasteiger partial charge in [0.25, 0.3) is 10.0 Å². The first-order chi connectivity index (χ1) is 5.67. The molecule has 0 fully saturated rings. The number of imidazole rings is 1. The van der Waals surface area contributed by atoms with Crippen molar-refractivity contribution in [3.63, 3.8) is 0 Å². The molecule has 3 N–H and O–H groups in total. The van der Waals surface area contributed by atoms with Gasteiger partial charge in [-0.1, -0.05) is 0 Å². The van der Waals surface area contributed by atoms with E-state index in [4.69, 9.17) is 5.11 Å². The standard InChI is InChI=1S/C5H9N3O3S/c9-2-1-8-12(10,11)5-3-6-4-7-5/h3-4,8-9H,1-2H2,(H,6,7). The van der Waals surface area contributed by atoms with Gasteiger partial charge in [0.2, 0.25) is 0 Å². The Morgan fingerprint density at radius 3 is 2.92 bits per heavy atom. The Hall–Kier alpha value is -0.920. The Morgan fingerprint density at radius 2 is 2.42 bits per heavy atom. The summed E-state index contributed by atoms with van der Waals surface area (Å²) < 4.78 is 24.5. The number of aliphatic hydroxyl groups excluding tert-OH is 1. The zero-order valence-corrected chi connectivity index (χ0v) is 7.00. The maximum atomic E-state index is 11.2. The van der Waals surface area contributed by atoms with Crippen LogP contribution in [-0.2, 0) is 10.0 Å². The zero-order valence-electron chi connectivity index (χ0n) is 6.19. The SMILES string of the molecule is O=S(=O)(NCCO)c1cnc[nH]1. The maximum Gasteiger partial charge on any atom is 0.257 e. The van der Waals surface area contributed by atoms with Crippen LogP contribution in [0.15, 0.2) is 17.6 Å². The van der Waals surface area contributed by atoms with Crippen molar-refractivity contribution in [1.29, 1.82) is 0 Å². The monoisotopic (exact) mass is 191 g/mol. The number of rotatable bonds is 4. The van der Waals surface area contributed by atoms with Crippen LogP contribution in [0.1, 0.15) is 0 Å². The van der Waals surface area contributed by atoms with E-state index in [9.17, 15) is 8.42 Å². The number of aromatic amines is 1. The molecule has 0 radical (unpaired) electrons. The first-order valence-corrected chi connectivity index (χ1v) is 4.74. The largest absolute Gasteiger partial charge is 0.395 e. The number of H-pyrrole nitrogens is 1. The molecular weight excluding hydrogens is 182 g/mol. The highest BCUT2D eigenvalue weighted by Crippen LogP contribution is 2.00. The van der Waals surface area contributed by atoms with E-state index in [0.717, 1.165) is 0 Å². The molecule has 68 valence electrons. The van der Waals surface area contributed by atoms with Gasteiger partial charge in [-0.2, -0.15) is 0 Å². The predicted octanol–water partition coefficient (Wildman–Crippen LogP) is -1.32. The van der Waals surface area contributed by atoms with Crippen molar-refractivity contribution in [2.75, 3.05) is 13.2 Å². The summed E-state index contributed by atoms with van der Waals surface area (Å²) in [6, 6.07) is 0. The Kier molecular flexibility index (Phi) is 2.79. The lowest BCUT2D eigenvalue weighted by Gasteiger charge is -2.00. The fraction of sp³-hybridized carbons (Fsp3) is 0.400. The molecule has 1 aromatic heterocycles. The fourth-order valence-corrected chi connectivity index (χ4v) is 1.57. The molecule has 0 aliphatic heterocycles. The second-order valence-corrected chi connectivity index (χ2v) is 3.77. The Labute approximate surface area is 69.7 Å². The third-order valence-corrected chi connectivity index (χ3v) is 2.55. The fourth-order valence-electron chi connectivity index (χ4n) is 0.648. The minimum atomic E-state index is -3.51. The Morgan fingerprint density at radius 1 is 1.67 bits per heavy atom. The lowest BCUT2D eigenvalue weighted by atomic mass is 10.8. The first kappa shape index (κ1) is 9.17. The van der Waals surface area contributed by atoms with Crippen molar-refractivity contribution in [3.05, 3.63) is 12.5 Å².